The number of amides is 2. The maximum atomic E-state index is 12.0. The lowest BCUT2D eigenvalue weighted by atomic mass is 10.3. The van der Waals surface area contributed by atoms with E-state index in [0.29, 0.717) is 10.7 Å². The van der Waals surface area contributed by atoms with E-state index in [1.54, 1.807) is 24.3 Å². The molecule has 0 spiro atoms. The standard InChI is InChI=1S/C12H10ClNO3S/c1-7(15)18-10-6-11(16)14(12(10)17)9-4-2-8(13)3-5-9/h2-5,10H,6H2,1H3/t10-/m0/s1. The molecule has 1 aliphatic heterocycles. The molecular weight excluding hydrogens is 274 g/mol. The van der Waals surface area contributed by atoms with Crippen LogP contribution in [0.15, 0.2) is 24.3 Å². The fraction of sp³-hybridized carbons (Fsp3) is 0.250. The average Bonchev–Trinajstić information content (AvgIpc) is 2.55. The van der Waals surface area contributed by atoms with Crippen LogP contribution in [0.25, 0.3) is 0 Å². The Morgan fingerprint density at radius 3 is 2.50 bits per heavy atom. The summed E-state index contributed by atoms with van der Waals surface area (Å²) in [7, 11) is 0. The Bertz CT molecular complexity index is 515. The van der Waals surface area contributed by atoms with Crippen molar-refractivity contribution in [2.45, 2.75) is 18.6 Å². The number of halogens is 1. The molecule has 2 rings (SSSR count). The molecule has 0 unspecified atom stereocenters. The van der Waals surface area contributed by atoms with Crippen LogP contribution >= 0.6 is 23.4 Å². The van der Waals surface area contributed by atoms with Crippen LogP contribution in [0.2, 0.25) is 5.02 Å². The molecule has 0 saturated carbocycles. The molecule has 0 aromatic heterocycles. The van der Waals surface area contributed by atoms with Crippen molar-refractivity contribution in [3.8, 4) is 0 Å². The Kier molecular flexibility index (Phi) is 3.73. The lowest BCUT2D eigenvalue weighted by molar-refractivity contribution is -0.121. The van der Waals surface area contributed by atoms with Gasteiger partial charge in [0.1, 0.15) is 5.25 Å². The summed E-state index contributed by atoms with van der Waals surface area (Å²) in [5.74, 6) is -0.636. The van der Waals surface area contributed by atoms with Crippen LogP contribution in [-0.4, -0.2) is 22.2 Å². The molecule has 4 nitrogen and oxygen atoms in total. The minimum atomic E-state index is -0.606. The SMILES string of the molecule is CC(=O)S[C@H]1CC(=O)N(c2ccc(Cl)cc2)C1=O. The van der Waals surface area contributed by atoms with Gasteiger partial charge < -0.3 is 0 Å². The minimum absolute atomic E-state index is 0.0612. The van der Waals surface area contributed by atoms with Crippen molar-refractivity contribution >= 4 is 46.0 Å². The third-order valence-electron chi connectivity index (χ3n) is 2.50. The van der Waals surface area contributed by atoms with Crippen molar-refractivity contribution in [1.82, 2.24) is 0 Å². The van der Waals surface area contributed by atoms with Crippen molar-refractivity contribution in [3.05, 3.63) is 29.3 Å². The van der Waals surface area contributed by atoms with Crippen molar-refractivity contribution < 1.29 is 14.4 Å². The Labute approximate surface area is 113 Å². The van der Waals surface area contributed by atoms with E-state index in [9.17, 15) is 14.4 Å². The highest BCUT2D eigenvalue weighted by Crippen LogP contribution is 2.30. The Morgan fingerprint density at radius 2 is 1.94 bits per heavy atom. The smallest absolute Gasteiger partial charge is 0.247 e. The van der Waals surface area contributed by atoms with Crippen LogP contribution in [0, 0.1) is 0 Å². The molecule has 2 amide bonds. The quantitative estimate of drug-likeness (QED) is 0.781. The van der Waals surface area contributed by atoms with Crippen LogP contribution in [0.3, 0.4) is 0 Å². The first-order chi connectivity index (χ1) is 8.49. The molecule has 1 aromatic rings. The summed E-state index contributed by atoms with van der Waals surface area (Å²) in [5, 5.41) is -0.239. The van der Waals surface area contributed by atoms with Crippen molar-refractivity contribution in [2.75, 3.05) is 4.90 Å². The number of carbonyl (C=O) groups excluding carboxylic acids is 3. The zero-order chi connectivity index (χ0) is 13.3. The van der Waals surface area contributed by atoms with Crippen molar-refractivity contribution in [1.29, 1.82) is 0 Å². The van der Waals surface area contributed by atoms with E-state index < -0.39 is 5.25 Å². The third kappa shape index (κ3) is 2.57. The lowest BCUT2D eigenvalue weighted by Gasteiger charge is -2.14. The fourth-order valence-corrected chi connectivity index (χ4v) is 2.72. The topological polar surface area (TPSA) is 54.5 Å². The monoisotopic (exact) mass is 283 g/mol. The molecular formula is C12H10ClNO3S. The molecule has 1 fully saturated rings. The van der Waals surface area contributed by atoms with E-state index >= 15 is 0 Å². The summed E-state index contributed by atoms with van der Waals surface area (Å²) in [6.07, 6.45) is 0.0612. The van der Waals surface area contributed by atoms with Gasteiger partial charge in [-0.1, -0.05) is 23.4 Å². The van der Waals surface area contributed by atoms with E-state index in [0.717, 1.165) is 16.7 Å². The summed E-state index contributed by atoms with van der Waals surface area (Å²) >= 11 is 6.65. The van der Waals surface area contributed by atoms with Gasteiger partial charge in [0, 0.05) is 18.4 Å². The molecule has 1 aromatic carbocycles. The number of carbonyl (C=O) groups is 3. The van der Waals surface area contributed by atoms with Crippen LogP contribution in [0.4, 0.5) is 5.69 Å². The Balaban J connectivity index is 2.24. The van der Waals surface area contributed by atoms with Gasteiger partial charge >= 0.3 is 0 Å². The minimum Gasteiger partial charge on any atom is -0.288 e. The highest BCUT2D eigenvalue weighted by Gasteiger charge is 2.40. The molecule has 1 heterocycles. The van der Waals surface area contributed by atoms with E-state index in [1.807, 2.05) is 0 Å². The molecule has 0 N–H and O–H groups in total. The van der Waals surface area contributed by atoms with Gasteiger partial charge in [-0.25, -0.2) is 4.90 Å². The zero-order valence-electron chi connectivity index (χ0n) is 9.55. The van der Waals surface area contributed by atoms with Gasteiger partial charge in [-0.15, -0.1) is 0 Å². The molecule has 94 valence electrons. The Hall–Kier alpha value is -1.33. The maximum absolute atomic E-state index is 12.0. The highest BCUT2D eigenvalue weighted by atomic mass is 35.5. The third-order valence-corrected chi connectivity index (χ3v) is 3.74. The van der Waals surface area contributed by atoms with E-state index in [1.165, 1.54) is 6.92 Å². The molecule has 1 saturated heterocycles. The molecule has 0 radical (unpaired) electrons. The van der Waals surface area contributed by atoms with Crippen molar-refractivity contribution in [3.63, 3.8) is 0 Å². The van der Waals surface area contributed by atoms with E-state index in [-0.39, 0.29) is 23.4 Å². The van der Waals surface area contributed by atoms with Crippen LogP contribution in [-0.2, 0) is 14.4 Å². The second-order valence-electron chi connectivity index (χ2n) is 3.85. The fourth-order valence-electron chi connectivity index (χ4n) is 1.76. The second-order valence-corrected chi connectivity index (χ2v) is 5.66. The number of imide groups is 1. The summed E-state index contributed by atoms with van der Waals surface area (Å²) in [6, 6.07) is 6.45. The number of anilines is 1. The number of hydrogen-bond donors (Lipinski definition) is 0. The molecule has 1 atom stereocenters. The van der Waals surface area contributed by atoms with Gasteiger partial charge in [-0.3, -0.25) is 14.4 Å². The first kappa shape index (κ1) is 13.1. The van der Waals surface area contributed by atoms with E-state index in [2.05, 4.69) is 0 Å². The van der Waals surface area contributed by atoms with Crippen LogP contribution in [0.1, 0.15) is 13.3 Å². The number of rotatable bonds is 2. The number of thioether (sulfide) groups is 1. The molecule has 0 aliphatic carbocycles. The van der Waals surface area contributed by atoms with Gasteiger partial charge in [0.15, 0.2) is 5.12 Å². The Morgan fingerprint density at radius 1 is 1.33 bits per heavy atom. The van der Waals surface area contributed by atoms with Gasteiger partial charge in [-0.05, 0) is 24.3 Å². The van der Waals surface area contributed by atoms with Crippen molar-refractivity contribution in [2.24, 2.45) is 0 Å². The summed E-state index contributed by atoms with van der Waals surface area (Å²) < 4.78 is 0. The molecule has 6 heteroatoms. The molecule has 0 bridgehead atoms. The zero-order valence-corrected chi connectivity index (χ0v) is 11.1. The van der Waals surface area contributed by atoms with Gasteiger partial charge in [-0.2, -0.15) is 0 Å². The second kappa shape index (κ2) is 5.12. The van der Waals surface area contributed by atoms with Gasteiger partial charge in [0.25, 0.3) is 0 Å². The van der Waals surface area contributed by atoms with E-state index in [4.69, 9.17) is 11.6 Å². The first-order valence-corrected chi connectivity index (χ1v) is 6.54. The predicted molar refractivity (Wildman–Crippen MR) is 70.6 cm³/mol. The summed E-state index contributed by atoms with van der Waals surface area (Å²) in [4.78, 5) is 36.0. The molecule has 1 aliphatic rings. The first-order valence-electron chi connectivity index (χ1n) is 5.28. The highest BCUT2D eigenvalue weighted by molar-refractivity contribution is 8.14. The molecule has 18 heavy (non-hydrogen) atoms. The lowest BCUT2D eigenvalue weighted by Crippen LogP contribution is -2.31. The number of benzene rings is 1. The van der Waals surface area contributed by atoms with Gasteiger partial charge in [0.2, 0.25) is 11.8 Å². The number of hydrogen-bond acceptors (Lipinski definition) is 4. The summed E-state index contributed by atoms with van der Waals surface area (Å²) in [6.45, 7) is 1.38. The van der Waals surface area contributed by atoms with Gasteiger partial charge in [0.05, 0.1) is 5.69 Å². The largest absolute Gasteiger partial charge is 0.288 e. The van der Waals surface area contributed by atoms with Crippen LogP contribution in [0.5, 0.6) is 0 Å². The summed E-state index contributed by atoms with van der Waals surface area (Å²) in [5.41, 5.74) is 0.487. The maximum Gasteiger partial charge on any atom is 0.247 e. The van der Waals surface area contributed by atoms with Crippen LogP contribution < -0.4 is 4.90 Å². The number of nitrogens with zero attached hydrogens (tertiary/aromatic N) is 1. The average molecular weight is 284 g/mol. The predicted octanol–water partition coefficient (Wildman–Crippen LogP) is 2.25. The normalized spacial score (nSPS) is 19.4.